The molecule has 7 heteroatoms. The van der Waals surface area contributed by atoms with E-state index in [9.17, 15) is 0 Å². The van der Waals surface area contributed by atoms with Gasteiger partial charge in [-0.3, -0.25) is 7.32 Å². The molecule has 81 valence electrons. The quantitative estimate of drug-likeness (QED) is 0.487. The summed E-state index contributed by atoms with van der Waals surface area (Å²) in [7, 11) is -2.92. The first-order valence-electron chi connectivity index (χ1n) is 3.40. The van der Waals surface area contributed by atoms with Gasteiger partial charge >= 0.3 is 20.4 Å². The second-order valence-electron chi connectivity index (χ2n) is 3.41. The van der Waals surface area contributed by atoms with E-state index in [2.05, 4.69) is 0 Å². The molecule has 0 aromatic rings. The topological polar surface area (TPSA) is 110 Å². The molecule has 0 unspecified atom stereocenters. The van der Waals surface area contributed by atoms with Crippen LogP contribution < -0.4 is 15.1 Å². The Labute approximate surface area is 92.2 Å². The van der Waals surface area contributed by atoms with Gasteiger partial charge in [0.2, 0.25) is 0 Å². The van der Waals surface area contributed by atoms with Gasteiger partial charge in [0.1, 0.15) is 0 Å². The molecule has 0 aliphatic heterocycles. The van der Waals surface area contributed by atoms with Crippen molar-refractivity contribution >= 4 is 7.32 Å². The van der Waals surface area contributed by atoms with Crippen molar-refractivity contribution < 1.29 is 45.7 Å². The molecule has 0 spiro atoms. The summed E-state index contributed by atoms with van der Waals surface area (Å²) in [5.41, 5.74) is -2.01. The molecule has 0 aromatic carbocycles. The molecule has 0 saturated heterocycles. The summed E-state index contributed by atoms with van der Waals surface area (Å²) in [5, 5.41) is 43.5. The fourth-order valence-corrected chi connectivity index (χ4v) is 0. The van der Waals surface area contributed by atoms with Crippen molar-refractivity contribution in [1.82, 2.24) is 0 Å². The Morgan fingerprint density at radius 2 is 0.923 bits per heavy atom. The van der Waals surface area contributed by atoms with Crippen LogP contribution in [0, 0.1) is 0 Å². The van der Waals surface area contributed by atoms with Gasteiger partial charge < -0.3 is 25.3 Å². The number of rotatable bonds is 1. The van der Waals surface area contributed by atoms with Crippen molar-refractivity contribution in [3.63, 3.8) is 0 Å². The zero-order valence-corrected chi connectivity index (χ0v) is 9.57. The van der Waals surface area contributed by atoms with Gasteiger partial charge in [0.25, 0.3) is 0 Å². The van der Waals surface area contributed by atoms with E-state index in [1.54, 1.807) is 27.7 Å². The van der Waals surface area contributed by atoms with Crippen molar-refractivity contribution in [3.05, 3.63) is 0 Å². The SMILES string of the molecule is CC(C)(O)C(C)(C)O.[O-]B([O-])[O-].[Pd+3]. The minimum absolute atomic E-state index is 0. The Kier molecular flexibility index (Phi) is 10.2. The maximum Gasteiger partial charge on any atom is 3.00 e. The monoisotopic (exact) mass is 283 g/mol. The van der Waals surface area contributed by atoms with Crippen LogP contribution in [0.4, 0.5) is 0 Å². The minimum atomic E-state index is -2.92. The standard InChI is InChI=1S/C6H14O2.BO3.Pd/c1-5(2,7)6(3,4)8;2-1(3)4;/h7-8H,1-4H3;;/q;-3;+3. The van der Waals surface area contributed by atoms with Gasteiger partial charge in [0.15, 0.2) is 0 Å². The van der Waals surface area contributed by atoms with Crippen molar-refractivity contribution in [3.8, 4) is 0 Å². The van der Waals surface area contributed by atoms with E-state index in [4.69, 9.17) is 25.3 Å². The van der Waals surface area contributed by atoms with Crippen LogP contribution in [0.5, 0.6) is 0 Å². The normalized spacial score (nSPS) is 10.8. The minimum Gasteiger partial charge on any atom is -0.907 e. The van der Waals surface area contributed by atoms with Crippen LogP contribution in [0.1, 0.15) is 27.7 Å². The summed E-state index contributed by atoms with van der Waals surface area (Å²) >= 11 is 0. The van der Waals surface area contributed by atoms with Crippen molar-refractivity contribution in [2.45, 2.75) is 38.9 Å². The molecule has 0 fully saturated rings. The number of hydrogen-bond acceptors (Lipinski definition) is 5. The van der Waals surface area contributed by atoms with Gasteiger partial charge in [0.05, 0.1) is 11.2 Å². The van der Waals surface area contributed by atoms with Crippen LogP contribution in [0.2, 0.25) is 0 Å². The second kappa shape index (κ2) is 6.90. The first-order chi connectivity index (χ1) is 4.98. The Morgan fingerprint density at radius 1 is 0.846 bits per heavy atom. The number of hydrogen-bond donors (Lipinski definition) is 2. The predicted octanol–water partition coefficient (Wildman–Crippen LogP) is -3.42. The van der Waals surface area contributed by atoms with Crippen LogP contribution in [0.25, 0.3) is 0 Å². The molecular formula is C6H14BO5Pd. The van der Waals surface area contributed by atoms with Gasteiger partial charge in [-0.25, -0.2) is 0 Å². The molecule has 0 saturated carbocycles. The van der Waals surface area contributed by atoms with Crippen LogP contribution in [-0.4, -0.2) is 28.7 Å². The van der Waals surface area contributed by atoms with Gasteiger partial charge in [-0.15, -0.1) is 0 Å². The zero-order valence-electron chi connectivity index (χ0n) is 8.01. The van der Waals surface area contributed by atoms with Crippen LogP contribution in [-0.2, 0) is 20.4 Å². The average molecular weight is 283 g/mol. The number of aliphatic hydroxyl groups is 2. The fraction of sp³-hybridized carbons (Fsp3) is 1.00. The van der Waals surface area contributed by atoms with Gasteiger partial charge in [-0.05, 0) is 27.7 Å². The summed E-state index contributed by atoms with van der Waals surface area (Å²) in [6.07, 6.45) is 0. The fourth-order valence-electron chi connectivity index (χ4n) is 0. The van der Waals surface area contributed by atoms with Crippen molar-refractivity contribution in [1.29, 1.82) is 0 Å². The first kappa shape index (κ1) is 19.2. The summed E-state index contributed by atoms with van der Waals surface area (Å²) in [6.45, 7) is 6.31. The zero-order chi connectivity index (χ0) is 10.6. The molecule has 5 nitrogen and oxygen atoms in total. The molecule has 0 aliphatic carbocycles. The predicted molar refractivity (Wildman–Crippen MR) is 38.3 cm³/mol. The second-order valence-corrected chi connectivity index (χ2v) is 3.41. The summed E-state index contributed by atoms with van der Waals surface area (Å²) in [4.78, 5) is 0. The molecule has 0 amide bonds. The van der Waals surface area contributed by atoms with E-state index in [-0.39, 0.29) is 20.4 Å². The molecule has 2 N–H and O–H groups in total. The third-order valence-electron chi connectivity index (χ3n) is 1.50. The van der Waals surface area contributed by atoms with E-state index in [1.165, 1.54) is 0 Å². The van der Waals surface area contributed by atoms with Crippen LogP contribution in [0.3, 0.4) is 0 Å². The van der Waals surface area contributed by atoms with Crippen molar-refractivity contribution in [2.75, 3.05) is 0 Å². The molecule has 0 rings (SSSR count). The van der Waals surface area contributed by atoms with E-state index in [0.717, 1.165) is 0 Å². The smallest absolute Gasteiger partial charge is 0.907 e. The van der Waals surface area contributed by atoms with Crippen LogP contribution >= 0.6 is 0 Å². The average Bonchev–Trinajstić information content (AvgIpc) is 1.55. The molecule has 0 bridgehead atoms. The van der Waals surface area contributed by atoms with Crippen LogP contribution in [0.15, 0.2) is 0 Å². The van der Waals surface area contributed by atoms with E-state index < -0.39 is 18.5 Å². The van der Waals surface area contributed by atoms with Gasteiger partial charge in [0, 0.05) is 0 Å². The molecule has 0 aromatic heterocycles. The molecule has 1 radical (unpaired) electrons. The molecule has 13 heavy (non-hydrogen) atoms. The van der Waals surface area contributed by atoms with Gasteiger partial charge in [-0.1, -0.05) is 0 Å². The molecular weight excluding hydrogens is 269 g/mol. The summed E-state index contributed by atoms with van der Waals surface area (Å²) in [6, 6.07) is 0. The Bertz CT molecular complexity index is 102. The summed E-state index contributed by atoms with van der Waals surface area (Å²) < 4.78 is 0. The Morgan fingerprint density at radius 3 is 0.923 bits per heavy atom. The third kappa shape index (κ3) is 15.3. The van der Waals surface area contributed by atoms with E-state index in [0.29, 0.717) is 0 Å². The first-order valence-corrected chi connectivity index (χ1v) is 3.40. The third-order valence-corrected chi connectivity index (χ3v) is 1.50. The van der Waals surface area contributed by atoms with E-state index >= 15 is 0 Å². The Hall–Kier alpha value is 0.527. The summed E-state index contributed by atoms with van der Waals surface area (Å²) in [5.74, 6) is 0. The molecule has 0 heterocycles. The van der Waals surface area contributed by atoms with Gasteiger partial charge in [-0.2, -0.15) is 0 Å². The molecule has 0 aliphatic rings. The van der Waals surface area contributed by atoms with Crippen molar-refractivity contribution in [2.24, 2.45) is 0 Å². The molecule has 0 atom stereocenters. The largest absolute Gasteiger partial charge is 3.00 e. The Balaban J connectivity index is -0.000000173. The maximum absolute atomic E-state index is 9.10. The maximum atomic E-state index is 9.10. The van der Waals surface area contributed by atoms with E-state index in [1.807, 2.05) is 0 Å².